The van der Waals surface area contributed by atoms with Crippen molar-refractivity contribution in [2.24, 2.45) is 0 Å². The molecule has 0 aliphatic rings. The number of amides is 2. The number of hydrogen-bond donors (Lipinski definition) is 2. The molecule has 2 amide bonds. The summed E-state index contributed by atoms with van der Waals surface area (Å²) in [5.41, 5.74) is 1.92. The Kier molecular flexibility index (Phi) is 8.18. The van der Waals surface area contributed by atoms with Gasteiger partial charge in [0.1, 0.15) is 5.69 Å². The van der Waals surface area contributed by atoms with Gasteiger partial charge in [0.25, 0.3) is 11.8 Å². The Balaban J connectivity index is 1.43. The summed E-state index contributed by atoms with van der Waals surface area (Å²) in [5.74, 6) is -1.32. The van der Waals surface area contributed by atoms with Crippen molar-refractivity contribution in [2.45, 2.75) is 6.92 Å². The maximum absolute atomic E-state index is 13.1. The molecule has 3 rings (SSSR count). The number of rotatable bonds is 9. The molecule has 0 fully saturated rings. The third-order valence-corrected chi connectivity index (χ3v) is 5.27. The van der Waals surface area contributed by atoms with Gasteiger partial charge in [-0.25, -0.2) is 9.97 Å². The molecule has 2 aromatic heterocycles. The van der Waals surface area contributed by atoms with Crippen molar-refractivity contribution < 1.29 is 14.0 Å². The fourth-order valence-electron chi connectivity index (χ4n) is 2.91. The highest BCUT2D eigenvalue weighted by Gasteiger charge is 2.11. The third-order valence-electron chi connectivity index (χ3n) is 4.60. The van der Waals surface area contributed by atoms with E-state index in [9.17, 15) is 14.0 Å². The summed E-state index contributed by atoms with van der Waals surface area (Å²) in [4.78, 5) is 38.6. The lowest BCUT2D eigenvalue weighted by atomic mass is 10.2. The van der Waals surface area contributed by atoms with Crippen molar-refractivity contribution in [3.63, 3.8) is 0 Å². The van der Waals surface area contributed by atoms with E-state index in [-0.39, 0.29) is 23.1 Å². The number of nitrogens with one attached hydrogen (secondary N) is 2. The molecule has 0 atom stereocenters. The Morgan fingerprint density at radius 3 is 2.48 bits per heavy atom. The number of fused-ring (bicyclic) bond motifs is 1. The van der Waals surface area contributed by atoms with Gasteiger partial charge in [-0.2, -0.15) is 4.39 Å². The van der Waals surface area contributed by atoms with Crippen LogP contribution in [0, 0.1) is 9.52 Å². The molecular weight excluding hydrogens is 514 g/mol. The maximum atomic E-state index is 13.1. The Bertz CT molecular complexity index is 1080. The molecule has 0 saturated carbocycles. The Labute approximate surface area is 192 Å². The first-order chi connectivity index (χ1) is 15.0. The van der Waals surface area contributed by atoms with Crippen LogP contribution in [0.2, 0.25) is 0 Å². The summed E-state index contributed by atoms with van der Waals surface area (Å²) in [6.07, 6.45) is 2.73. The van der Waals surface area contributed by atoms with Crippen LogP contribution in [-0.4, -0.2) is 64.4 Å². The number of pyridine rings is 1. The second kappa shape index (κ2) is 11.0. The van der Waals surface area contributed by atoms with Crippen molar-refractivity contribution in [1.29, 1.82) is 0 Å². The van der Waals surface area contributed by atoms with Crippen LogP contribution in [0.5, 0.6) is 0 Å². The highest BCUT2D eigenvalue weighted by atomic mass is 127. The summed E-state index contributed by atoms with van der Waals surface area (Å²) < 4.78 is 14.2. The Morgan fingerprint density at radius 1 is 1.03 bits per heavy atom. The first-order valence-electron chi connectivity index (χ1n) is 9.79. The minimum absolute atomic E-state index is 0.231. The number of aromatic nitrogens is 3. The van der Waals surface area contributed by atoms with Gasteiger partial charge in [-0.1, -0.05) is 6.92 Å². The van der Waals surface area contributed by atoms with E-state index in [0.29, 0.717) is 31.7 Å². The lowest BCUT2D eigenvalue weighted by Gasteiger charge is -2.20. The normalized spacial score (nSPS) is 11.0. The number of halogens is 2. The lowest BCUT2D eigenvalue weighted by molar-refractivity contribution is 0.0943. The summed E-state index contributed by atoms with van der Waals surface area (Å²) in [7, 11) is 0. The highest BCUT2D eigenvalue weighted by molar-refractivity contribution is 14.1. The van der Waals surface area contributed by atoms with Crippen molar-refractivity contribution in [2.75, 3.05) is 32.7 Å². The molecule has 162 valence electrons. The van der Waals surface area contributed by atoms with Gasteiger partial charge in [0.15, 0.2) is 0 Å². The van der Waals surface area contributed by atoms with Gasteiger partial charge < -0.3 is 15.5 Å². The van der Waals surface area contributed by atoms with Crippen molar-refractivity contribution >= 4 is 45.4 Å². The molecule has 8 nitrogen and oxygen atoms in total. The quantitative estimate of drug-likeness (QED) is 0.322. The van der Waals surface area contributed by atoms with Gasteiger partial charge in [0.2, 0.25) is 5.95 Å². The van der Waals surface area contributed by atoms with Gasteiger partial charge in [-0.15, -0.1) is 0 Å². The number of benzene rings is 1. The van der Waals surface area contributed by atoms with Gasteiger partial charge >= 0.3 is 0 Å². The second-order valence-electron chi connectivity index (χ2n) is 6.70. The molecule has 2 heterocycles. The van der Waals surface area contributed by atoms with Crippen molar-refractivity contribution in [1.82, 2.24) is 30.5 Å². The number of hydrogen-bond acceptors (Lipinski definition) is 6. The summed E-state index contributed by atoms with van der Waals surface area (Å²) in [5, 5.41) is 5.61. The molecule has 0 radical (unpaired) electrons. The van der Waals surface area contributed by atoms with E-state index in [0.717, 1.165) is 21.7 Å². The van der Waals surface area contributed by atoms with Crippen LogP contribution < -0.4 is 10.6 Å². The molecule has 0 saturated heterocycles. The topological polar surface area (TPSA) is 100 Å². The minimum atomic E-state index is -0.690. The van der Waals surface area contributed by atoms with E-state index < -0.39 is 5.95 Å². The van der Waals surface area contributed by atoms with Gasteiger partial charge in [-0.05, 0) is 53.4 Å². The third kappa shape index (κ3) is 6.62. The highest BCUT2D eigenvalue weighted by Crippen LogP contribution is 2.13. The van der Waals surface area contributed by atoms with E-state index in [1.54, 1.807) is 0 Å². The van der Waals surface area contributed by atoms with E-state index >= 15 is 0 Å². The number of carbonyl (C=O) groups excluding carboxylic acids is 2. The predicted octanol–water partition coefficient (Wildman–Crippen LogP) is 2.25. The fraction of sp³-hybridized carbons (Fsp3) is 0.286. The van der Waals surface area contributed by atoms with Gasteiger partial charge in [0, 0.05) is 47.6 Å². The molecule has 10 heteroatoms. The zero-order valence-corrected chi connectivity index (χ0v) is 19.1. The largest absolute Gasteiger partial charge is 0.351 e. The van der Waals surface area contributed by atoms with Crippen LogP contribution in [0.1, 0.15) is 27.8 Å². The van der Waals surface area contributed by atoms with Crippen LogP contribution >= 0.6 is 22.6 Å². The Morgan fingerprint density at radius 2 is 1.77 bits per heavy atom. The monoisotopic (exact) mass is 536 g/mol. The van der Waals surface area contributed by atoms with E-state index in [2.05, 4.69) is 53.1 Å². The molecule has 0 bridgehead atoms. The van der Waals surface area contributed by atoms with Gasteiger partial charge in [-0.3, -0.25) is 14.6 Å². The fourth-order valence-corrected chi connectivity index (χ4v) is 3.39. The molecular formula is C21H22FIN6O2. The summed E-state index contributed by atoms with van der Waals surface area (Å²) in [6.45, 7) is 4.80. The molecule has 0 aliphatic heterocycles. The first-order valence-corrected chi connectivity index (χ1v) is 10.9. The zero-order valence-electron chi connectivity index (χ0n) is 16.9. The molecule has 2 N–H and O–H groups in total. The van der Waals surface area contributed by atoms with Crippen LogP contribution in [0.4, 0.5) is 4.39 Å². The molecule has 1 aromatic carbocycles. The maximum Gasteiger partial charge on any atom is 0.271 e. The molecule has 3 aromatic rings. The average Bonchev–Trinajstić information content (AvgIpc) is 2.77. The van der Waals surface area contributed by atoms with Gasteiger partial charge in [0.05, 0.1) is 17.2 Å². The van der Waals surface area contributed by atoms with E-state index in [1.807, 2.05) is 25.1 Å². The summed E-state index contributed by atoms with van der Waals surface area (Å²) in [6, 6.07) is 8.23. The Hall–Kier alpha value is -2.73. The van der Waals surface area contributed by atoms with Crippen molar-refractivity contribution in [3.05, 3.63) is 63.5 Å². The van der Waals surface area contributed by atoms with Crippen LogP contribution in [0.15, 0.2) is 42.7 Å². The number of nitrogens with zero attached hydrogens (tertiary/aromatic N) is 4. The van der Waals surface area contributed by atoms with Crippen LogP contribution in [0.25, 0.3) is 11.0 Å². The van der Waals surface area contributed by atoms with E-state index in [4.69, 9.17) is 0 Å². The lowest BCUT2D eigenvalue weighted by Crippen LogP contribution is -2.39. The minimum Gasteiger partial charge on any atom is -0.351 e. The first kappa shape index (κ1) is 22.9. The number of carbonyl (C=O) groups is 2. The average molecular weight is 536 g/mol. The molecule has 31 heavy (non-hydrogen) atoms. The molecule has 0 spiro atoms. The standard InChI is InChI=1S/C21H22FIN6O2/c1-2-29(9-7-25-20(30)14-5-6-24-19(22)11-14)10-8-26-21(31)18-13-27-17-12-15(23)3-4-16(17)28-18/h3-6,11-13H,2,7-10H2,1H3,(H,25,30)(H,26,31). The second-order valence-corrected chi connectivity index (χ2v) is 7.95. The predicted molar refractivity (Wildman–Crippen MR) is 123 cm³/mol. The zero-order chi connectivity index (χ0) is 22.2. The smallest absolute Gasteiger partial charge is 0.271 e. The SMILES string of the molecule is CCN(CCNC(=O)c1ccnc(F)c1)CCNC(=O)c1cnc2cc(I)ccc2n1. The van der Waals surface area contributed by atoms with Crippen LogP contribution in [-0.2, 0) is 0 Å². The number of likely N-dealkylation sites (N-methyl/N-ethyl adjacent to an activating group) is 1. The molecule has 0 unspecified atom stereocenters. The van der Waals surface area contributed by atoms with E-state index in [1.165, 1.54) is 18.5 Å². The van der Waals surface area contributed by atoms with Crippen LogP contribution in [0.3, 0.4) is 0 Å². The molecule has 0 aliphatic carbocycles. The van der Waals surface area contributed by atoms with Crippen molar-refractivity contribution in [3.8, 4) is 0 Å². The summed E-state index contributed by atoms with van der Waals surface area (Å²) >= 11 is 2.20.